The molecule has 0 aliphatic heterocycles. The minimum Gasteiger partial charge on any atom is -0.497 e. The van der Waals surface area contributed by atoms with E-state index in [9.17, 15) is 0 Å². The Morgan fingerprint density at radius 3 is 2.36 bits per heavy atom. The van der Waals surface area contributed by atoms with Gasteiger partial charge in [-0.25, -0.2) is 0 Å². The predicted octanol–water partition coefficient (Wildman–Crippen LogP) is 3.72. The Bertz CT molecular complexity index is 417. The Morgan fingerprint density at radius 2 is 1.86 bits per heavy atom. The molecule has 0 spiro atoms. The summed E-state index contributed by atoms with van der Waals surface area (Å²) in [7, 11) is 1.66. The van der Waals surface area contributed by atoms with E-state index >= 15 is 0 Å². The summed E-state index contributed by atoms with van der Waals surface area (Å²) in [4.78, 5) is 0. The maximum Gasteiger partial charge on any atom is 0.169 e. The molecular formula is C11H9BrO2. The normalized spacial score (nSPS) is 10.1. The van der Waals surface area contributed by atoms with Gasteiger partial charge in [0.25, 0.3) is 0 Å². The molecule has 2 aromatic rings. The lowest BCUT2D eigenvalue weighted by Gasteiger charge is -2.00. The van der Waals surface area contributed by atoms with E-state index < -0.39 is 0 Å². The second kappa shape index (κ2) is 3.88. The van der Waals surface area contributed by atoms with Crippen molar-refractivity contribution in [3.63, 3.8) is 0 Å². The van der Waals surface area contributed by atoms with Crippen molar-refractivity contribution < 1.29 is 9.15 Å². The highest BCUT2D eigenvalue weighted by atomic mass is 79.9. The topological polar surface area (TPSA) is 22.4 Å². The summed E-state index contributed by atoms with van der Waals surface area (Å²) in [5.74, 6) is 0.858. The van der Waals surface area contributed by atoms with Crippen molar-refractivity contribution in [2.24, 2.45) is 0 Å². The second-order valence-electron chi connectivity index (χ2n) is 2.87. The molecule has 0 unspecified atom stereocenters. The lowest BCUT2D eigenvalue weighted by atomic mass is 10.1. The smallest absolute Gasteiger partial charge is 0.169 e. The fourth-order valence-corrected chi connectivity index (χ4v) is 1.59. The Balaban J connectivity index is 2.33. The molecule has 0 N–H and O–H groups in total. The summed E-state index contributed by atoms with van der Waals surface area (Å²) in [6, 6.07) is 9.78. The zero-order valence-corrected chi connectivity index (χ0v) is 9.24. The average Bonchev–Trinajstić information content (AvgIpc) is 2.65. The van der Waals surface area contributed by atoms with Gasteiger partial charge in [0.1, 0.15) is 5.75 Å². The van der Waals surface area contributed by atoms with Crippen molar-refractivity contribution in [3.05, 3.63) is 41.3 Å². The number of methoxy groups -OCH3 is 1. The maximum atomic E-state index is 5.16. The molecule has 0 radical (unpaired) electrons. The summed E-state index contributed by atoms with van der Waals surface area (Å²) in [6.07, 6.45) is 1.71. The van der Waals surface area contributed by atoms with Crippen molar-refractivity contribution in [1.29, 1.82) is 0 Å². The molecule has 2 nitrogen and oxygen atoms in total. The molecule has 0 bridgehead atoms. The molecule has 14 heavy (non-hydrogen) atoms. The van der Waals surface area contributed by atoms with Gasteiger partial charge in [-0.15, -0.1) is 0 Å². The predicted molar refractivity (Wildman–Crippen MR) is 58.4 cm³/mol. The van der Waals surface area contributed by atoms with Gasteiger partial charge in [0.2, 0.25) is 0 Å². The van der Waals surface area contributed by atoms with E-state index in [1.807, 2.05) is 30.3 Å². The van der Waals surface area contributed by atoms with Crippen molar-refractivity contribution >= 4 is 15.9 Å². The molecule has 0 saturated carbocycles. The van der Waals surface area contributed by atoms with Crippen LogP contribution < -0.4 is 4.74 Å². The standard InChI is InChI=1S/C11H9BrO2/c1-13-10-4-2-8(3-5-10)9-6-11(12)14-7-9/h2-7H,1H3. The maximum absolute atomic E-state index is 5.16. The first kappa shape index (κ1) is 9.34. The highest BCUT2D eigenvalue weighted by Gasteiger charge is 2.01. The van der Waals surface area contributed by atoms with Crippen LogP contribution in [0, 0.1) is 0 Å². The Morgan fingerprint density at radius 1 is 1.14 bits per heavy atom. The molecular weight excluding hydrogens is 244 g/mol. The Labute approximate surface area is 90.6 Å². The van der Waals surface area contributed by atoms with E-state index in [4.69, 9.17) is 9.15 Å². The van der Waals surface area contributed by atoms with Crippen LogP contribution in [-0.2, 0) is 0 Å². The summed E-state index contributed by atoms with van der Waals surface area (Å²) >= 11 is 3.27. The number of ether oxygens (including phenoxy) is 1. The quantitative estimate of drug-likeness (QED) is 0.813. The Hall–Kier alpha value is -1.22. The van der Waals surface area contributed by atoms with Gasteiger partial charge in [0.15, 0.2) is 4.67 Å². The third kappa shape index (κ3) is 1.82. The van der Waals surface area contributed by atoms with E-state index in [-0.39, 0.29) is 0 Å². The zero-order chi connectivity index (χ0) is 9.97. The van der Waals surface area contributed by atoms with Crippen molar-refractivity contribution in [2.75, 3.05) is 7.11 Å². The van der Waals surface area contributed by atoms with E-state index in [0.29, 0.717) is 0 Å². The summed E-state index contributed by atoms with van der Waals surface area (Å²) in [5.41, 5.74) is 2.17. The molecule has 0 aliphatic rings. The molecule has 0 saturated heterocycles. The third-order valence-electron chi connectivity index (χ3n) is 1.99. The molecule has 0 atom stereocenters. The summed E-state index contributed by atoms with van der Waals surface area (Å²) in [6.45, 7) is 0. The minimum atomic E-state index is 0.739. The van der Waals surface area contributed by atoms with Gasteiger partial charge in [-0.3, -0.25) is 0 Å². The SMILES string of the molecule is COc1ccc(-c2coc(Br)c2)cc1. The number of hydrogen-bond donors (Lipinski definition) is 0. The van der Waals surface area contributed by atoms with Crippen LogP contribution in [0.3, 0.4) is 0 Å². The number of furan rings is 1. The summed E-state index contributed by atoms with van der Waals surface area (Å²) < 4.78 is 11.0. The molecule has 1 aromatic heterocycles. The van der Waals surface area contributed by atoms with Gasteiger partial charge in [-0.2, -0.15) is 0 Å². The molecule has 2 rings (SSSR count). The molecule has 1 heterocycles. The molecule has 0 fully saturated rings. The molecule has 0 amide bonds. The molecule has 0 aliphatic carbocycles. The van der Waals surface area contributed by atoms with Gasteiger partial charge in [-0.05, 0) is 39.7 Å². The van der Waals surface area contributed by atoms with Crippen molar-refractivity contribution in [1.82, 2.24) is 0 Å². The van der Waals surface area contributed by atoms with Crippen LogP contribution in [0.1, 0.15) is 0 Å². The monoisotopic (exact) mass is 252 g/mol. The van der Waals surface area contributed by atoms with E-state index in [2.05, 4.69) is 15.9 Å². The van der Waals surface area contributed by atoms with Crippen molar-refractivity contribution in [3.8, 4) is 16.9 Å². The van der Waals surface area contributed by atoms with Crippen molar-refractivity contribution in [2.45, 2.75) is 0 Å². The fourth-order valence-electron chi connectivity index (χ4n) is 1.24. The van der Waals surface area contributed by atoms with E-state index in [0.717, 1.165) is 21.5 Å². The third-order valence-corrected chi connectivity index (χ3v) is 2.41. The lowest BCUT2D eigenvalue weighted by Crippen LogP contribution is -1.81. The van der Waals surface area contributed by atoms with Crippen LogP contribution in [0.25, 0.3) is 11.1 Å². The first-order valence-corrected chi connectivity index (χ1v) is 4.97. The van der Waals surface area contributed by atoms with Crippen LogP contribution in [0.4, 0.5) is 0 Å². The molecule has 3 heteroatoms. The van der Waals surface area contributed by atoms with Crippen LogP contribution in [-0.4, -0.2) is 7.11 Å². The van der Waals surface area contributed by atoms with Crippen LogP contribution >= 0.6 is 15.9 Å². The van der Waals surface area contributed by atoms with Gasteiger partial charge in [0, 0.05) is 5.56 Å². The largest absolute Gasteiger partial charge is 0.497 e. The number of rotatable bonds is 2. The van der Waals surface area contributed by atoms with Gasteiger partial charge in [0.05, 0.1) is 13.4 Å². The zero-order valence-electron chi connectivity index (χ0n) is 7.66. The van der Waals surface area contributed by atoms with Crippen LogP contribution in [0.15, 0.2) is 45.7 Å². The van der Waals surface area contributed by atoms with Crippen LogP contribution in [0.5, 0.6) is 5.75 Å². The van der Waals surface area contributed by atoms with Crippen LogP contribution in [0.2, 0.25) is 0 Å². The second-order valence-corrected chi connectivity index (χ2v) is 3.65. The fraction of sp³-hybridized carbons (Fsp3) is 0.0909. The first-order chi connectivity index (χ1) is 6.79. The molecule has 72 valence electrons. The first-order valence-electron chi connectivity index (χ1n) is 4.18. The summed E-state index contributed by atoms with van der Waals surface area (Å²) in [5, 5.41) is 0. The van der Waals surface area contributed by atoms with E-state index in [1.54, 1.807) is 13.4 Å². The number of hydrogen-bond acceptors (Lipinski definition) is 2. The Kier molecular flexibility index (Phi) is 2.59. The van der Waals surface area contributed by atoms with E-state index in [1.165, 1.54) is 0 Å². The lowest BCUT2D eigenvalue weighted by molar-refractivity contribution is 0.415. The molecule has 1 aromatic carbocycles. The van der Waals surface area contributed by atoms with Gasteiger partial charge >= 0.3 is 0 Å². The minimum absolute atomic E-state index is 0.739. The number of benzene rings is 1. The van der Waals surface area contributed by atoms with Gasteiger partial charge in [-0.1, -0.05) is 12.1 Å². The highest BCUT2D eigenvalue weighted by molar-refractivity contribution is 9.10. The number of halogens is 1. The van der Waals surface area contributed by atoms with Gasteiger partial charge < -0.3 is 9.15 Å². The average molecular weight is 253 g/mol. The highest BCUT2D eigenvalue weighted by Crippen LogP contribution is 2.26.